The molecule has 1 aromatic heterocycles. The van der Waals surface area contributed by atoms with Crippen molar-refractivity contribution in [3.8, 4) is 0 Å². The van der Waals surface area contributed by atoms with E-state index >= 15 is 0 Å². The quantitative estimate of drug-likeness (QED) is 0.543. The van der Waals surface area contributed by atoms with E-state index in [1.165, 1.54) is 64.0 Å². The molecule has 1 heterocycles. The fraction of sp³-hybridized carbons (Fsp3) is 0.773. The van der Waals surface area contributed by atoms with E-state index in [2.05, 4.69) is 11.9 Å². The van der Waals surface area contributed by atoms with Gasteiger partial charge in [0.15, 0.2) is 0 Å². The van der Waals surface area contributed by atoms with Crippen LogP contribution in [0.15, 0.2) is 18.3 Å². The van der Waals surface area contributed by atoms with E-state index in [4.69, 9.17) is 0 Å². The number of halogens is 3. The topological polar surface area (TPSA) is 12.9 Å². The molecule has 4 heteroatoms. The zero-order chi connectivity index (χ0) is 18.6. The molecule has 0 aromatic carbocycles. The number of pyridine rings is 1. The number of nitrogens with zero attached hydrogens (tertiary/aromatic N) is 1. The summed E-state index contributed by atoms with van der Waals surface area (Å²) in [6, 6.07) is 2.70. The molecule has 0 radical (unpaired) electrons. The van der Waals surface area contributed by atoms with Gasteiger partial charge in [0.2, 0.25) is 0 Å². The van der Waals surface area contributed by atoms with Gasteiger partial charge in [-0.3, -0.25) is 4.98 Å². The molecule has 0 saturated heterocycles. The molecule has 146 valence electrons. The summed E-state index contributed by atoms with van der Waals surface area (Å²) in [5.74, 6) is 3.59. The van der Waals surface area contributed by atoms with E-state index in [0.717, 1.165) is 48.1 Å². The van der Waals surface area contributed by atoms with Crippen LogP contribution < -0.4 is 0 Å². The third-order valence-corrected chi connectivity index (χ3v) is 6.98. The van der Waals surface area contributed by atoms with Crippen molar-refractivity contribution in [2.75, 3.05) is 0 Å². The van der Waals surface area contributed by atoms with E-state index in [1.54, 1.807) is 6.07 Å². The summed E-state index contributed by atoms with van der Waals surface area (Å²) in [6.07, 6.45) is 11.4. The second-order valence-corrected chi connectivity index (χ2v) is 8.56. The summed E-state index contributed by atoms with van der Waals surface area (Å²) < 4.78 is 37.7. The van der Waals surface area contributed by atoms with E-state index in [9.17, 15) is 13.2 Å². The maximum Gasteiger partial charge on any atom is 0.433 e. The molecule has 0 aliphatic heterocycles. The lowest BCUT2D eigenvalue weighted by Gasteiger charge is -2.37. The van der Waals surface area contributed by atoms with Crippen molar-refractivity contribution in [3.63, 3.8) is 0 Å². The predicted molar refractivity (Wildman–Crippen MR) is 98.7 cm³/mol. The van der Waals surface area contributed by atoms with E-state index in [0.29, 0.717) is 0 Å². The first-order valence-corrected chi connectivity index (χ1v) is 10.5. The third kappa shape index (κ3) is 5.23. The van der Waals surface area contributed by atoms with Crippen molar-refractivity contribution in [1.29, 1.82) is 0 Å². The largest absolute Gasteiger partial charge is 0.433 e. The lowest BCUT2D eigenvalue weighted by molar-refractivity contribution is -0.141. The first-order valence-electron chi connectivity index (χ1n) is 10.5. The van der Waals surface area contributed by atoms with Crippen LogP contribution in [0.1, 0.15) is 82.4 Å². The Morgan fingerprint density at radius 3 is 1.92 bits per heavy atom. The Labute approximate surface area is 155 Å². The normalized spacial score (nSPS) is 30.3. The Hall–Kier alpha value is -1.06. The molecular weight excluding hydrogens is 335 g/mol. The van der Waals surface area contributed by atoms with Crippen molar-refractivity contribution >= 4 is 0 Å². The van der Waals surface area contributed by atoms with Gasteiger partial charge in [-0.1, -0.05) is 45.1 Å². The molecule has 26 heavy (non-hydrogen) atoms. The Balaban J connectivity index is 1.39. The zero-order valence-electron chi connectivity index (χ0n) is 15.9. The summed E-state index contributed by atoms with van der Waals surface area (Å²) >= 11 is 0. The van der Waals surface area contributed by atoms with Crippen molar-refractivity contribution in [2.45, 2.75) is 83.7 Å². The van der Waals surface area contributed by atoms with Gasteiger partial charge in [-0.15, -0.1) is 0 Å². The fourth-order valence-corrected chi connectivity index (χ4v) is 5.13. The molecule has 2 saturated carbocycles. The maximum atomic E-state index is 12.6. The standard InChI is InChI=1S/C22H32F3N/c1-2-16-5-10-19(11-6-16)20-12-7-17(8-13-20)3-4-18-9-14-21(26-15-18)22(23,24)25/h9,14-17,19-20H,2-8,10-13H2,1H3/t16-,17?,19-,20?. The Morgan fingerprint density at radius 2 is 1.46 bits per heavy atom. The van der Waals surface area contributed by atoms with Gasteiger partial charge in [-0.05, 0) is 73.8 Å². The molecule has 0 N–H and O–H groups in total. The van der Waals surface area contributed by atoms with Gasteiger partial charge in [0, 0.05) is 6.20 Å². The van der Waals surface area contributed by atoms with Crippen LogP contribution in [0, 0.1) is 23.7 Å². The second kappa shape index (κ2) is 8.75. The SMILES string of the molecule is CC[C@H]1CC[C@H](C2CCC(CCc3ccc(C(F)(F)F)nc3)CC2)CC1. The Bertz CT molecular complexity index is 536. The molecule has 2 aliphatic carbocycles. The van der Waals surface area contributed by atoms with Gasteiger partial charge in [0.1, 0.15) is 5.69 Å². The molecular formula is C22H32F3N. The Morgan fingerprint density at radius 1 is 0.885 bits per heavy atom. The molecule has 1 nitrogen and oxygen atoms in total. The van der Waals surface area contributed by atoms with E-state index in [1.807, 2.05) is 0 Å². The van der Waals surface area contributed by atoms with Crippen LogP contribution in [0.3, 0.4) is 0 Å². The van der Waals surface area contributed by atoms with Crippen molar-refractivity contribution in [2.24, 2.45) is 23.7 Å². The summed E-state index contributed by atoms with van der Waals surface area (Å²) in [5, 5.41) is 0. The lowest BCUT2D eigenvalue weighted by atomic mass is 9.68. The van der Waals surface area contributed by atoms with E-state index in [-0.39, 0.29) is 0 Å². The predicted octanol–water partition coefficient (Wildman–Crippen LogP) is 7.06. The molecule has 0 unspecified atom stereocenters. The van der Waals surface area contributed by atoms with E-state index < -0.39 is 11.9 Å². The minimum absolute atomic E-state index is 0.737. The van der Waals surface area contributed by atoms with Crippen LogP contribution >= 0.6 is 0 Å². The fourth-order valence-electron chi connectivity index (χ4n) is 5.13. The minimum atomic E-state index is -4.34. The zero-order valence-corrected chi connectivity index (χ0v) is 15.9. The summed E-state index contributed by atoms with van der Waals surface area (Å²) in [6.45, 7) is 2.32. The monoisotopic (exact) mass is 367 g/mol. The highest BCUT2D eigenvalue weighted by Gasteiger charge is 2.32. The van der Waals surface area contributed by atoms with Crippen LogP contribution in [0.25, 0.3) is 0 Å². The highest BCUT2D eigenvalue weighted by molar-refractivity contribution is 5.16. The van der Waals surface area contributed by atoms with Crippen LogP contribution in [0.5, 0.6) is 0 Å². The first kappa shape index (κ1) is 19.7. The van der Waals surface area contributed by atoms with Crippen molar-refractivity contribution < 1.29 is 13.2 Å². The first-order chi connectivity index (χ1) is 12.5. The highest BCUT2D eigenvalue weighted by Crippen LogP contribution is 2.42. The van der Waals surface area contributed by atoms with Crippen LogP contribution in [0.2, 0.25) is 0 Å². The van der Waals surface area contributed by atoms with Crippen LogP contribution in [-0.4, -0.2) is 4.98 Å². The summed E-state index contributed by atoms with van der Waals surface area (Å²) in [4.78, 5) is 3.58. The molecule has 0 bridgehead atoms. The van der Waals surface area contributed by atoms with Crippen LogP contribution in [-0.2, 0) is 12.6 Å². The summed E-state index contributed by atoms with van der Waals surface area (Å²) in [5.41, 5.74) is 0.137. The number of alkyl halides is 3. The molecule has 3 rings (SSSR count). The van der Waals surface area contributed by atoms with Gasteiger partial charge >= 0.3 is 6.18 Å². The van der Waals surface area contributed by atoms with Gasteiger partial charge in [0.05, 0.1) is 0 Å². The van der Waals surface area contributed by atoms with Crippen molar-refractivity contribution in [1.82, 2.24) is 4.98 Å². The maximum absolute atomic E-state index is 12.6. The molecule has 2 fully saturated rings. The number of aromatic nitrogens is 1. The number of rotatable bonds is 5. The van der Waals surface area contributed by atoms with Gasteiger partial charge in [-0.25, -0.2) is 0 Å². The molecule has 0 spiro atoms. The Kier molecular flexibility index (Phi) is 6.63. The second-order valence-electron chi connectivity index (χ2n) is 8.56. The minimum Gasteiger partial charge on any atom is -0.252 e. The molecule has 1 aromatic rings. The number of hydrogen-bond donors (Lipinski definition) is 0. The van der Waals surface area contributed by atoms with Gasteiger partial charge in [0.25, 0.3) is 0 Å². The van der Waals surface area contributed by atoms with Gasteiger partial charge < -0.3 is 0 Å². The highest BCUT2D eigenvalue weighted by atomic mass is 19.4. The van der Waals surface area contributed by atoms with Gasteiger partial charge in [-0.2, -0.15) is 13.2 Å². The van der Waals surface area contributed by atoms with Crippen molar-refractivity contribution in [3.05, 3.63) is 29.6 Å². The number of aryl methyl sites for hydroxylation is 1. The molecule has 0 amide bonds. The van der Waals surface area contributed by atoms with Crippen LogP contribution in [0.4, 0.5) is 13.2 Å². The average Bonchev–Trinajstić information content (AvgIpc) is 2.66. The smallest absolute Gasteiger partial charge is 0.252 e. The average molecular weight is 367 g/mol. The third-order valence-electron chi connectivity index (χ3n) is 6.98. The lowest BCUT2D eigenvalue weighted by Crippen LogP contribution is -2.25. The summed E-state index contributed by atoms with van der Waals surface area (Å²) in [7, 11) is 0. The number of hydrogen-bond acceptors (Lipinski definition) is 1. The molecule has 0 atom stereocenters. The molecule has 2 aliphatic rings.